The molecule has 0 bridgehead atoms. The van der Waals surface area contributed by atoms with Gasteiger partial charge in [-0.3, -0.25) is 0 Å². The van der Waals surface area contributed by atoms with Gasteiger partial charge in [0, 0.05) is 7.11 Å². The van der Waals surface area contributed by atoms with Crippen molar-refractivity contribution in [1.29, 1.82) is 0 Å². The number of ether oxygens (including phenoxy) is 1. The molecule has 0 saturated carbocycles. The van der Waals surface area contributed by atoms with Crippen molar-refractivity contribution in [2.24, 2.45) is 0 Å². The Bertz CT molecular complexity index is 381. The molecule has 0 heterocycles. The third-order valence-corrected chi connectivity index (χ3v) is 2.46. The van der Waals surface area contributed by atoms with Gasteiger partial charge in [0.1, 0.15) is 0 Å². The van der Waals surface area contributed by atoms with E-state index < -0.39 is 0 Å². The molecule has 0 amide bonds. The van der Waals surface area contributed by atoms with Crippen LogP contribution in [0.3, 0.4) is 0 Å². The zero-order chi connectivity index (χ0) is 9.80. The minimum atomic E-state index is 0.789. The standard InChI is InChI=1S/C13H14O/c1-14-10-9-12-8-7-11-5-3-2-4-6-13(11)12/h2-8H,9-10H2,1H3. The van der Waals surface area contributed by atoms with Crippen molar-refractivity contribution < 1.29 is 4.74 Å². The Morgan fingerprint density at radius 1 is 1.00 bits per heavy atom. The van der Waals surface area contributed by atoms with E-state index in [9.17, 15) is 0 Å². The van der Waals surface area contributed by atoms with Gasteiger partial charge in [0.15, 0.2) is 0 Å². The fraction of sp³-hybridized carbons (Fsp3) is 0.231. The summed E-state index contributed by atoms with van der Waals surface area (Å²) in [4.78, 5) is 0. The van der Waals surface area contributed by atoms with Crippen LogP contribution in [0.2, 0.25) is 0 Å². The van der Waals surface area contributed by atoms with Crippen LogP contribution < -0.4 is 0 Å². The Kier molecular flexibility index (Phi) is 2.80. The van der Waals surface area contributed by atoms with Crippen molar-refractivity contribution in [2.75, 3.05) is 13.7 Å². The number of hydrogen-bond acceptors (Lipinski definition) is 1. The molecule has 0 aromatic rings. The van der Waals surface area contributed by atoms with Crippen LogP contribution in [0, 0.1) is 0 Å². The second-order valence-corrected chi connectivity index (χ2v) is 3.38. The number of methoxy groups -OCH3 is 1. The lowest BCUT2D eigenvalue weighted by Crippen LogP contribution is -1.93. The van der Waals surface area contributed by atoms with E-state index in [4.69, 9.17) is 4.74 Å². The maximum absolute atomic E-state index is 5.09. The highest BCUT2D eigenvalue weighted by atomic mass is 16.5. The van der Waals surface area contributed by atoms with Crippen LogP contribution in [0.25, 0.3) is 11.1 Å². The molecule has 2 aliphatic carbocycles. The molecule has 2 aliphatic rings. The van der Waals surface area contributed by atoms with E-state index in [-0.39, 0.29) is 0 Å². The number of fused-ring (bicyclic) bond motifs is 1. The lowest BCUT2D eigenvalue weighted by Gasteiger charge is -2.00. The molecule has 0 aliphatic heterocycles. The third-order valence-electron chi connectivity index (χ3n) is 2.46. The van der Waals surface area contributed by atoms with Gasteiger partial charge in [0.2, 0.25) is 0 Å². The first-order valence-corrected chi connectivity index (χ1v) is 4.87. The van der Waals surface area contributed by atoms with Crippen LogP contribution >= 0.6 is 0 Å². The van der Waals surface area contributed by atoms with Crippen LogP contribution in [-0.2, 0) is 11.2 Å². The highest BCUT2D eigenvalue weighted by Crippen LogP contribution is 2.26. The molecule has 0 fully saturated rings. The fourth-order valence-corrected chi connectivity index (χ4v) is 1.71. The molecule has 72 valence electrons. The van der Waals surface area contributed by atoms with Gasteiger partial charge in [-0.05, 0) is 23.1 Å². The van der Waals surface area contributed by atoms with Crippen LogP contribution in [0.4, 0.5) is 0 Å². The van der Waals surface area contributed by atoms with E-state index in [1.54, 1.807) is 7.11 Å². The van der Waals surface area contributed by atoms with Crippen molar-refractivity contribution in [3.8, 4) is 11.1 Å². The lowest BCUT2D eigenvalue weighted by molar-refractivity contribution is 0.202. The molecule has 2 rings (SSSR count). The predicted molar refractivity (Wildman–Crippen MR) is 58.6 cm³/mol. The second-order valence-electron chi connectivity index (χ2n) is 3.38. The van der Waals surface area contributed by atoms with Crippen molar-refractivity contribution in [2.45, 2.75) is 6.42 Å². The fourth-order valence-electron chi connectivity index (χ4n) is 1.71. The molecular formula is C13H14O. The summed E-state index contributed by atoms with van der Waals surface area (Å²) in [6.07, 6.45) is 0.990. The lowest BCUT2D eigenvalue weighted by atomic mass is 10.1. The summed E-state index contributed by atoms with van der Waals surface area (Å²) < 4.78 is 5.09. The summed E-state index contributed by atoms with van der Waals surface area (Å²) in [5, 5.41) is 0. The van der Waals surface area contributed by atoms with Crippen LogP contribution in [0.1, 0.15) is 5.56 Å². The minimum Gasteiger partial charge on any atom is -0.384 e. The van der Waals surface area contributed by atoms with E-state index in [2.05, 4.69) is 42.5 Å². The highest BCUT2D eigenvalue weighted by Gasteiger charge is 2.06. The SMILES string of the molecule is COCCc1ccc2cccccc1-2. The van der Waals surface area contributed by atoms with Gasteiger partial charge < -0.3 is 4.74 Å². The van der Waals surface area contributed by atoms with E-state index in [1.165, 1.54) is 16.7 Å². The summed E-state index contributed by atoms with van der Waals surface area (Å²) >= 11 is 0. The van der Waals surface area contributed by atoms with E-state index in [1.807, 2.05) is 0 Å². The first-order chi connectivity index (χ1) is 6.92. The summed E-state index contributed by atoms with van der Waals surface area (Å²) in [6.45, 7) is 0.789. The van der Waals surface area contributed by atoms with Crippen molar-refractivity contribution in [1.82, 2.24) is 0 Å². The van der Waals surface area contributed by atoms with Crippen LogP contribution in [0.15, 0.2) is 42.5 Å². The molecule has 0 aromatic heterocycles. The van der Waals surface area contributed by atoms with Gasteiger partial charge in [-0.15, -0.1) is 0 Å². The topological polar surface area (TPSA) is 9.23 Å². The molecule has 0 aromatic carbocycles. The molecule has 1 heteroatoms. The molecule has 0 unspecified atom stereocenters. The van der Waals surface area contributed by atoms with Gasteiger partial charge in [0.25, 0.3) is 0 Å². The minimum absolute atomic E-state index is 0.789. The van der Waals surface area contributed by atoms with E-state index >= 15 is 0 Å². The number of hydrogen-bond donors (Lipinski definition) is 0. The van der Waals surface area contributed by atoms with Gasteiger partial charge in [0.05, 0.1) is 6.61 Å². The van der Waals surface area contributed by atoms with Gasteiger partial charge in [-0.1, -0.05) is 42.5 Å². The molecule has 0 N–H and O–H groups in total. The first kappa shape index (κ1) is 9.22. The highest BCUT2D eigenvalue weighted by molar-refractivity contribution is 5.70. The average molecular weight is 186 g/mol. The molecule has 0 radical (unpaired) electrons. The Morgan fingerprint density at radius 2 is 1.86 bits per heavy atom. The van der Waals surface area contributed by atoms with Crippen molar-refractivity contribution in [3.63, 3.8) is 0 Å². The third kappa shape index (κ3) is 1.78. The summed E-state index contributed by atoms with van der Waals surface area (Å²) in [5.74, 6) is 0. The molecule has 14 heavy (non-hydrogen) atoms. The Hall–Kier alpha value is -1.34. The van der Waals surface area contributed by atoms with Crippen LogP contribution in [-0.4, -0.2) is 13.7 Å². The predicted octanol–water partition coefficient (Wildman–Crippen LogP) is 2.98. The van der Waals surface area contributed by atoms with E-state index in [0.29, 0.717) is 0 Å². The van der Waals surface area contributed by atoms with Crippen molar-refractivity contribution in [3.05, 3.63) is 48.0 Å². The van der Waals surface area contributed by atoms with Gasteiger partial charge in [-0.25, -0.2) is 0 Å². The summed E-state index contributed by atoms with van der Waals surface area (Å²) in [6, 6.07) is 14.9. The van der Waals surface area contributed by atoms with Crippen LogP contribution in [0.5, 0.6) is 0 Å². The molecule has 0 atom stereocenters. The first-order valence-electron chi connectivity index (χ1n) is 4.87. The summed E-state index contributed by atoms with van der Waals surface area (Å²) in [7, 11) is 1.74. The molecule has 1 nitrogen and oxygen atoms in total. The smallest absolute Gasteiger partial charge is 0.0502 e. The quantitative estimate of drug-likeness (QED) is 0.716. The molecular weight excluding hydrogens is 172 g/mol. The maximum Gasteiger partial charge on any atom is 0.0502 e. The van der Waals surface area contributed by atoms with E-state index in [0.717, 1.165) is 13.0 Å². The Labute approximate surface area is 84.7 Å². The number of rotatable bonds is 3. The van der Waals surface area contributed by atoms with Gasteiger partial charge >= 0.3 is 0 Å². The second kappa shape index (κ2) is 4.25. The average Bonchev–Trinajstić information content (AvgIpc) is 2.45. The Balaban J connectivity index is 2.32. The zero-order valence-electron chi connectivity index (χ0n) is 8.36. The molecule has 0 saturated heterocycles. The maximum atomic E-state index is 5.09. The van der Waals surface area contributed by atoms with Gasteiger partial charge in [-0.2, -0.15) is 0 Å². The Morgan fingerprint density at radius 3 is 2.71 bits per heavy atom. The summed E-state index contributed by atoms with van der Waals surface area (Å²) in [5.41, 5.74) is 4.02. The largest absolute Gasteiger partial charge is 0.384 e. The zero-order valence-corrected chi connectivity index (χ0v) is 8.36. The van der Waals surface area contributed by atoms with Crippen molar-refractivity contribution >= 4 is 0 Å². The normalized spacial score (nSPS) is 10.6. The monoisotopic (exact) mass is 186 g/mol. The molecule has 0 spiro atoms.